The quantitative estimate of drug-likeness (QED) is 0.596. The van der Waals surface area contributed by atoms with E-state index >= 15 is 0 Å². The van der Waals surface area contributed by atoms with E-state index in [1.165, 1.54) is 12.0 Å². The van der Waals surface area contributed by atoms with Crippen LogP contribution in [0.2, 0.25) is 0 Å². The van der Waals surface area contributed by atoms with E-state index in [9.17, 15) is 9.59 Å². The molecule has 2 aromatic rings. The number of ether oxygens (including phenoxy) is 2. The minimum absolute atomic E-state index is 0.00791. The molecular formula is C26H34N4O4. The van der Waals surface area contributed by atoms with Gasteiger partial charge in [-0.15, -0.1) is 0 Å². The number of piperidine rings is 1. The van der Waals surface area contributed by atoms with Gasteiger partial charge in [0, 0.05) is 63.8 Å². The minimum atomic E-state index is -0.0216. The molecule has 2 amide bonds. The van der Waals surface area contributed by atoms with Crippen LogP contribution in [0.15, 0.2) is 42.7 Å². The highest BCUT2D eigenvalue weighted by Gasteiger charge is 2.24. The number of hydrogen-bond donors (Lipinski definition) is 0. The molecule has 2 aliphatic heterocycles. The van der Waals surface area contributed by atoms with Crippen molar-refractivity contribution in [1.29, 1.82) is 0 Å². The van der Waals surface area contributed by atoms with Gasteiger partial charge in [0.05, 0.1) is 6.61 Å². The summed E-state index contributed by atoms with van der Waals surface area (Å²) in [4.78, 5) is 35.8. The van der Waals surface area contributed by atoms with Crippen molar-refractivity contribution in [3.63, 3.8) is 0 Å². The van der Waals surface area contributed by atoms with Crippen molar-refractivity contribution >= 4 is 11.8 Å². The number of carbonyl (C=O) groups excluding carboxylic acids is 2. The van der Waals surface area contributed by atoms with Gasteiger partial charge in [0.25, 0.3) is 11.8 Å². The van der Waals surface area contributed by atoms with Crippen LogP contribution >= 0.6 is 0 Å². The van der Waals surface area contributed by atoms with Crippen molar-refractivity contribution in [1.82, 2.24) is 19.7 Å². The summed E-state index contributed by atoms with van der Waals surface area (Å²) in [6.07, 6.45) is 6.93. The largest absolute Gasteiger partial charge is 0.490 e. The smallest absolute Gasteiger partial charge is 0.260 e. The lowest BCUT2D eigenvalue weighted by atomic mass is 10.1. The van der Waals surface area contributed by atoms with Crippen LogP contribution in [0.5, 0.6) is 11.5 Å². The predicted octanol–water partition coefficient (Wildman–Crippen LogP) is 2.83. The summed E-state index contributed by atoms with van der Waals surface area (Å²) in [6, 6.07) is 9.24. The third-order valence-corrected chi connectivity index (χ3v) is 6.34. The summed E-state index contributed by atoms with van der Waals surface area (Å²) in [5.74, 6) is 0.962. The predicted molar refractivity (Wildman–Crippen MR) is 129 cm³/mol. The van der Waals surface area contributed by atoms with E-state index < -0.39 is 0 Å². The number of nitrogens with zero attached hydrogens (tertiary/aromatic N) is 4. The summed E-state index contributed by atoms with van der Waals surface area (Å²) in [6.45, 7) is 7.72. The van der Waals surface area contributed by atoms with Gasteiger partial charge in [-0.3, -0.25) is 19.5 Å². The Labute approximate surface area is 201 Å². The summed E-state index contributed by atoms with van der Waals surface area (Å²) in [5.41, 5.74) is 1.75. The first-order valence-corrected chi connectivity index (χ1v) is 12.2. The van der Waals surface area contributed by atoms with Gasteiger partial charge in [-0.1, -0.05) is 6.07 Å². The van der Waals surface area contributed by atoms with Gasteiger partial charge in [0.15, 0.2) is 18.1 Å². The van der Waals surface area contributed by atoms with Crippen molar-refractivity contribution in [2.24, 2.45) is 0 Å². The molecule has 2 fully saturated rings. The lowest BCUT2D eigenvalue weighted by molar-refractivity contribution is -0.134. The Balaban J connectivity index is 1.33. The molecule has 1 aromatic carbocycles. The number of likely N-dealkylation sites (tertiary alicyclic amines) is 1. The Bertz CT molecular complexity index is 955. The van der Waals surface area contributed by atoms with E-state index in [0.717, 1.165) is 45.6 Å². The monoisotopic (exact) mass is 466 g/mol. The standard InChI is InChI=1S/C26H34N4O4/c1-2-33-24-17-22(8-9-23(24)34-20-25(31)29-11-4-3-5-12-29)26(32)30-15-13-28(14-16-30)19-21-7-6-10-27-18-21/h6-10,17-18H,2-5,11-16,19-20H2,1H3. The normalized spacial score (nSPS) is 16.9. The molecule has 0 unspecified atom stereocenters. The number of amides is 2. The second kappa shape index (κ2) is 11.8. The van der Waals surface area contributed by atoms with E-state index in [1.807, 2.05) is 29.0 Å². The first kappa shape index (κ1) is 24.0. The average molecular weight is 467 g/mol. The van der Waals surface area contributed by atoms with E-state index in [4.69, 9.17) is 9.47 Å². The zero-order valence-corrected chi connectivity index (χ0v) is 19.9. The van der Waals surface area contributed by atoms with E-state index in [1.54, 1.807) is 24.4 Å². The van der Waals surface area contributed by atoms with Crippen LogP contribution in [0.4, 0.5) is 0 Å². The Hall–Kier alpha value is -3.13. The molecule has 8 nitrogen and oxygen atoms in total. The molecule has 0 N–H and O–H groups in total. The molecule has 2 saturated heterocycles. The molecule has 4 rings (SSSR count). The molecule has 3 heterocycles. The highest BCUT2D eigenvalue weighted by Crippen LogP contribution is 2.29. The molecule has 2 aliphatic rings. The second-order valence-electron chi connectivity index (χ2n) is 8.75. The van der Waals surface area contributed by atoms with E-state index in [0.29, 0.717) is 36.8 Å². The van der Waals surface area contributed by atoms with Crippen LogP contribution < -0.4 is 9.47 Å². The van der Waals surface area contributed by atoms with Crippen LogP contribution in [0.3, 0.4) is 0 Å². The first-order valence-electron chi connectivity index (χ1n) is 12.2. The average Bonchev–Trinajstić information content (AvgIpc) is 2.89. The zero-order valence-electron chi connectivity index (χ0n) is 19.9. The molecule has 34 heavy (non-hydrogen) atoms. The Morgan fingerprint density at radius 1 is 0.912 bits per heavy atom. The van der Waals surface area contributed by atoms with Gasteiger partial charge in [-0.25, -0.2) is 0 Å². The lowest BCUT2D eigenvalue weighted by Gasteiger charge is -2.34. The molecule has 0 radical (unpaired) electrons. The molecule has 0 atom stereocenters. The summed E-state index contributed by atoms with van der Waals surface area (Å²) in [7, 11) is 0. The molecule has 0 bridgehead atoms. The van der Waals surface area contributed by atoms with Gasteiger partial charge in [-0.2, -0.15) is 0 Å². The van der Waals surface area contributed by atoms with Crippen LogP contribution in [-0.2, 0) is 11.3 Å². The highest BCUT2D eigenvalue weighted by molar-refractivity contribution is 5.95. The van der Waals surface area contributed by atoms with Crippen LogP contribution in [0.25, 0.3) is 0 Å². The van der Waals surface area contributed by atoms with Crippen molar-refractivity contribution in [3.05, 3.63) is 53.9 Å². The third kappa shape index (κ3) is 6.26. The number of rotatable bonds is 8. The Morgan fingerprint density at radius 2 is 1.71 bits per heavy atom. The lowest BCUT2D eigenvalue weighted by Crippen LogP contribution is -2.48. The topological polar surface area (TPSA) is 75.2 Å². The number of hydrogen-bond acceptors (Lipinski definition) is 6. The highest BCUT2D eigenvalue weighted by atomic mass is 16.5. The maximum Gasteiger partial charge on any atom is 0.260 e. The van der Waals surface area contributed by atoms with Crippen LogP contribution in [0, 0.1) is 0 Å². The molecule has 0 spiro atoms. The molecule has 1 aromatic heterocycles. The zero-order chi connectivity index (χ0) is 23.8. The number of carbonyl (C=O) groups is 2. The van der Waals surface area contributed by atoms with Crippen molar-refractivity contribution in [3.8, 4) is 11.5 Å². The molecule has 8 heteroatoms. The summed E-state index contributed by atoms with van der Waals surface area (Å²) in [5, 5.41) is 0. The first-order chi connectivity index (χ1) is 16.6. The van der Waals surface area contributed by atoms with Gasteiger partial charge >= 0.3 is 0 Å². The number of benzene rings is 1. The van der Waals surface area contributed by atoms with Crippen LogP contribution in [-0.4, -0.2) is 84.0 Å². The molecule has 182 valence electrons. The SMILES string of the molecule is CCOc1cc(C(=O)N2CCN(Cc3cccnc3)CC2)ccc1OCC(=O)N1CCCCC1. The fourth-order valence-electron chi connectivity index (χ4n) is 4.44. The molecule has 0 aliphatic carbocycles. The fraction of sp³-hybridized carbons (Fsp3) is 0.500. The Morgan fingerprint density at radius 3 is 2.41 bits per heavy atom. The maximum absolute atomic E-state index is 13.1. The number of pyridine rings is 1. The number of piperazine rings is 1. The molecule has 0 saturated carbocycles. The van der Waals surface area contributed by atoms with Gasteiger partial charge in [-0.05, 0) is 56.0 Å². The summed E-state index contributed by atoms with van der Waals surface area (Å²) < 4.78 is 11.5. The third-order valence-electron chi connectivity index (χ3n) is 6.34. The fourth-order valence-corrected chi connectivity index (χ4v) is 4.44. The summed E-state index contributed by atoms with van der Waals surface area (Å²) >= 11 is 0. The maximum atomic E-state index is 13.1. The number of aromatic nitrogens is 1. The van der Waals surface area contributed by atoms with Crippen molar-refractivity contribution < 1.29 is 19.1 Å². The van der Waals surface area contributed by atoms with Crippen LogP contribution in [0.1, 0.15) is 42.1 Å². The van der Waals surface area contributed by atoms with Gasteiger partial charge < -0.3 is 19.3 Å². The van der Waals surface area contributed by atoms with Crippen molar-refractivity contribution in [2.45, 2.75) is 32.7 Å². The Kier molecular flexibility index (Phi) is 8.36. The van der Waals surface area contributed by atoms with E-state index in [2.05, 4.69) is 16.0 Å². The minimum Gasteiger partial charge on any atom is -0.490 e. The molecular weight excluding hydrogens is 432 g/mol. The van der Waals surface area contributed by atoms with Gasteiger partial charge in [0.1, 0.15) is 0 Å². The van der Waals surface area contributed by atoms with Crippen molar-refractivity contribution in [2.75, 3.05) is 52.5 Å². The van der Waals surface area contributed by atoms with E-state index in [-0.39, 0.29) is 18.4 Å². The van der Waals surface area contributed by atoms with Gasteiger partial charge in [0.2, 0.25) is 0 Å². The second-order valence-corrected chi connectivity index (χ2v) is 8.75.